The van der Waals surface area contributed by atoms with Gasteiger partial charge in [0, 0.05) is 38.6 Å². The number of phenols is 3. The summed E-state index contributed by atoms with van der Waals surface area (Å²) in [5.41, 5.74) is 2.88. The van der Waals surface area contributed by atoms with Crippen molar-refractivity contribution in [2.75, 3.05) is 6.61 Å². The highest BCUT2D eigenvalue weighted by atomic mass is 32.1. The maximum atomic E-state index is 13.4. The molecule has 2 aliphatic heterocycles. The maximum absolute atomic E-state index is 13.4. The Labute approximate surface area is 208 Å². The van der Waals surface area contributed by atoms with E-state index in [1.165, 1.54) is 17.4 Å². The lowest BCUT2D eigenvalue weighted by molar-refractivity contribution is 0.0979. The first-order chi connectivity index (χ1) is 17.0. The van der Waals surface area contributed by atoms with Gasteiger partial charge in [0.25, 0.3) is 0 Å². The number of hydrogen-bond donors (Lipinski definition) is 3. The molecule has 0 aliphatic carbocycles. The van der Waals surface area contributed by atoms with Crippen LogP contribution in [-0.4, -0.2) is 27.7 Å². The predicted octanol–water partition coefficient (Wildman–Crippen LogP) is 7.66. The molecule has 5 nitrogen and oxygen atoms in total. The predicted molar refractivity (Wildman–Crippen MR) is 140 cm³/mol. The van der Waals surface area contributed by atoms with Gasteiger partial charge < -0.3 is 20.1 Å². The lowest BCUT2D eigenvalue weighted by atomic mass is 9.91. The van der Waals surface area contributed by atoms with Gasteiger partial charge >= 0.3 is 0 Å². The molecular formula is C29H28O5S. The molecule has 6 heteroatoms. The van der Waals surface area contributed by atoms with Crippen molar-refractivity contribution in [3.63, 3.8) is 0 Å². The number of carbonyl (C=O) groups excluding carboxylic acids is 1. The molecule has 0 unspecified atom stereocenters. The number of Topliss-reactive ketones (excluding diaryl/α,β-unsaturated/α-hetero) is 1. The van der Waals surface area contributed by atoms with Crippen molar-refractivity contribution >= 4 is 27.2 Å². The van der Waals surface area contributed by atoms with Crippen LogP contribution in [0.1, 0.15) is 55.3 Å². The van der Waals surface area contributed by atoms with E-state index in [2.05, 4.69) is 0 Å². The molecular weight excluding hydrogens is 460 g/mol. The molecule has 2 bridgehead atoms. The highest BCUT2D eigenvalue weighted by Gasteiger charge is 2.24. The van der Waals surface area contributed by atoms with Crippen LogP contribution in [0.25, 0.3) is 31.7 Å². The summed E-state index contributed by atoms with van der Waals surface area (Å²) in [5.74, 6) is 0.837. The van der Waals surface area contributed by atoms with Gasteiger partial charge in [-0.2, -0.15) is 0 Å². The summed E-state index contributed by atoms with van der Waals surface area (Å²) in [5, 5.41) is 31.5. The minimum absolute atomic E-state index is 0.0251. The Morgan fingerprint density at radius 1 is 0.743 bits per heavy atom. The van der Waals surface area contributed by atoms with Gasteiger partial charge in [0.1, 0.15) is 23.0 Å². The number of carbonyl (C=O) groups is 1. The van der Waals surface area contributed by atoms with E-state index in [1.807, 2.05) is 30.3 Å². The number of aromatic hydroxyl groups is 3. The van der Waals surface area contributed by atoms with Crippen molar-refractivity contribution in [2.45, 2.75) is 44.9 Å². The second-order valence-electron chi connectivity index (χ2n) is 9.04. The van der Waals surface area contributed by atoms with Crippen molar-refractivity contribution < 1.29 is 24.9 Å². The summed E-state index contributed by atoms with van der Waals surface area (Å²) in [4.78, 5) is 14.2. The van der Waals surface area contributed by atoms with Crippen LogP contribution in [-0.2, 0) is 0 Å². The van der Waals surface area contributed by atoms with E-state index in [4.69, 9.17) is 4.74 Å². The molecule has 1 aromatic heterocycles. The summed E-state index contributed by atoms with van der Waals surface area (Å²) in [6, 6.07) is 15.4. The van der Waals surface area contributed by atoms with Crippen LogP contribution in [0.15, 0.2) is 54.6 Å². The maximum Gasteiger partial charge on any atom is 0.163 e. The Morgan fingerprint density at radius 3 is 2.29 bits per heavy atom. The molecule has 0 amide bonds. The average Bonchev–Trinajstić information content (AvgIpc) is 3.22. The zero-order chi connectivity index (χ0) is 24.4. The Morgan fingerprint density at radius 2 is 1.49 bits per heavy atom. The van der Waals surface area contributed by atoms with E-state index >= 15 is 0 Å². The van der Waals surface area contributed by atoms with Crippen LogP contribution in [0.4, 0.5) is 0 Å². The van der Waals surface area contributed by atoms with E-state index in [9.17, 15) is 20.1 Å². The topological polar surface area (TPSA) is 87.0 Å². The number of phenolic OH excluding ortho intramolecular Hbond substituents is 3. The second kappa shape index (κ2) is 10.0. The lowest BCUT2D eigenvalue weighted by Crippen LogP contribution is -2.04. The molecule has 0 saturated carbocycles. The standard InChI is InChI=1S/C29H28O5S/c30-19-10-8-18(9-11-19)29-27(28-25(33)15-20(31)16-26(28)35-29)23-17-21-12-13-22(23)24(32)7-5-3-1-2-4-6-14-34-21/h8-13,15-17,30-31,33H,1-7,14H2. The van der Waals surface area contributed by atoms with Gasteiger partial charge in [-0.1, -0.05) is 25.7 Å². The van der Waals surface area contributed by atoms with Crippen LogP contribution >= 0.6 is 11.3 Å². The first-order valence-corrected chi connectivity index (χ1v) is 12.9. The third-order valence-electron chi connectivity index (χ3n) is 6.51. The number of benzene rings is 3. The smallest absolute Gasteiger partial charge is 0.163 e. The van der Waals surface area contributed by atoms with E-state index in [0.717, 1.165) is 54.5 Å². The lowest BCUT2D eigenvalue weighted by Gasteiger charge is -2.15. The molecule has 3 N–H and O–H groups in total. The van der Waals surface area contributed by atoms with Gasteiger partial charge in [0.05, 0.1) is 6.61 Å². The SMILES string of the molecule is O=C1CCCCCCCCOc2ccc1c(-c1c(-c3ccc(O)cc3)sc3cc(O)cc(O)c13)c2. The number of hydrogen-bond acceptors (Lipinski definition) is 6. The minimum atomic E-state index is -0.0459. The molecule has 2 aliphatic rings. The Kier molecular flexibility index (Phi) is 6.64. The summed E-state index contributed by atoms with van der Waals surface area (Å²) in [6.45, 7) is 0.612. The summed E-state index contributed by atoms with van der Waals surface area (Å²) < 4.78 is 6.77. The number of rotatable bonds is 2. The van der Waals surface area contributed by atoms with Gasteiger partial charge in [-0.15, -0.1) is 11.3 Å². The molecule has 6 rings (SSSR count). The quantitative estimate of drug-likeness (QED) is 0.270. The zero-order valence-corrected chi connectivity index (χ0v) is 20.2. The molecule has 0 spiro atoms. The van der Waals surface area contributed by atoms with Gasteiger partial charge in [-0.3, -0.25) is 4.79 Å². The van der Waals surface area contributed by atoms with Crippen LogP contribution in [0.3, 0.4) is 0 Å². The zero-order valence-electron chi connectivity index (χ0n) is 19.4. The highest BCUT2D eigenvalue weighted by Crippen LogP contribution is 2.50. The number of fused-ring (bicyclic) bond motifs is 12. The molecule has 3 aromatic carbocycles. The Balaban J connectivity index is 1.76. The molecule has 4 aromatic rings. The van der Waals surface area contributed by atoms with E-state index in [-0.39, 0.29) is 23.0 Å². The first kappa shape index (κ1) is 23.2. The molecule has 0 saturated heterocycles. The molecule has 180 valence electrons. The fraction of sp³-hybridized carbons (Fsp3) is 0.276. The minimum Gasteiger partial charge on any atom is -0.508 e. The monoisotopic (exact) mass is 488 g/mol. The second-order valence-corrected chi connectivity index (χ2v) is 10.1. The third-order valence-corrected chi connectivity index (χ3v) is 7.70. The molecule has 35 heavy (non-hydrogen) atoms. The number of ether oxygens (including phenoxy) is 1. The molecule has 3 heterocycles. The highest BCUT2D eigenvalue weighted by molar-refractivity contribution is 7.23. The van der Waals surface area contributed by atoms with Gasteiger partial charge in [0.2, 0.25) is 0 Å². The van der Waals surface area contributed by atoms with E-state index in [1.54, 1.807) is 18.2 Å². The molecule has 0 atom stereocenters. The van der Waals surface area contributed by atoms with Crippen molar-refractivity contribution in [2.24, 2.45) is 0 Å². The van der Waals surface area contributed by atoms with Gasteiger partial charge in [-0.05, 0) is 72.5 Å². The normalized spacial score (nSPS) is 15.1. The number of thiophene rings is 1. The van der Waals surface area contributed by atoms with Crippen LogP contribution in [0.5, 0.6) is 23.0 Å². The summed E-state index contributed by atoms with van der Waals surface area (Å²) >= 11 is 1.43. The van der Waals surface area contributed by atoms with Crippen LogP contribution in [0.2, 0.25) is 0 Å². The van der Waals surface area contributed by atoms with Crippen molar-refractivity contribution in [1.29, 1.82) is 0 Å². The van der Waals surface area contributed by atoms with Crippen molar-refractivity contribution in [3.05, 3.63) is 60.2 Å². The number of ketones is 1. The Hall–Kier alpha value is -3.51. The average molecular weight is 489 g/mol. The summed E-state index contributed by atoms with van der Waals surface area (Å²) in [6.07, 6.45) is 6.72. The fourth-order valence-corrected chi connectivity index (χ4v) is 6.02. The van der Waals surface area contributed by atoms with Gasteiger partial charge in [-0.25, -0.2) is 0 Å². The fourth-order valence-electron chi connectivity index (χ4n) is 4.75. The van der Waals surface area contributed by atoms with Crippen LogP contribution in [0, 0.1) is 0 Å². The van der Waals surface area contributed by atoms with E-state index < -0.39 is 0 Å². The third kappa shape index (κ3) is 4.84. The van der Waals surface area contributed by atoms with Gasteiger partial charge in [0.15, 0.2) is 5.78 Å². The molecule has 0 radical (unpaired) electrons. The van der Waals surface area contributed by atoms with E-state index in [0.29, 0.717) is 40.0 Å². The Bertz CT molecular complexity index is 1370. The largest absolute Gasteiger partial charge is 0.508 e. The van der Waals surface area contributed by atoms with Crippen LogP contribution < -0.4 is 4.74 Å². The summed E-state index contributed by atoms with van der Waals surface area (Å²) in [7, 11) is 0. The van der Waals surface area contributed by atoms with Crippen molar-refractivity contribution in [1.82, 2.24) is 0 Å². The van der Waals surface area contributed by atoms with Crippen molar-refractivity contribution in [3.8, 4) is 44.6 Å². The first-order valence-electron chi connectivity index (χ1n) is 12.1. The molecule has 0 fully saturated rings.